The fourth-order valence-electron chi connectivity index (χ4n) is 1.92. The lowest BCUT2D eigenvalue weighted by Gasteiger charge is -2.39. The van der Waals surface area contributed by atoms with E-state index in [1.807, 2.05) is 0 Å². The number of hydrogen-bond donors (Lipinski definition) is 1. The summed E-state index contributed by atoms with van der Waals surface area (Å²) < 4.78 is 5.53. The van der Waals surface area contributed by atoms with Crippen LogP contribution in [0.5, 0.6) is 0 Å². The van der Waals surface area contributed by atoms with Crippen molar-refractivity contribution in [3.05, 3.63) is 0 Å². The molecular weight excluding hydrogens is 206 g/mol. The average Bonchev–Trinajstić information content (AvgIpc) is 2.16. The SMILES string of the molecule is CCOC(C)CNC1CSCCC1(C)C. The topological polar surface area (TPSA) is 21.3 Å². The standard InChI is InChI=1S/C12H25NOS/c1-5-14-10(2)8-13-11-9-15-7-6-12(11,3)4/h10-11,13H,5-9H2,1-4H3. The second kappa shape index (κ2) is 6.12. The highest BCUT2D eigenvalue weighted by Gasteiger charge is 2.32. The third-order valence-electron chi connectivity index (χ3n) is 3.22. The molecule has 90 valence electrons. The molecule has 0 bridgehead atoms. The molecule has 0 spiro atoms. The van der Waals surface area contributed by atoms with Gasteiger partial charge in [-0.3, -0.25) is 0 Å². The highest BCUT2D eigenvalue weighted by Crippen LogP contribution is 2.33. The highest BCUT2D eigenvalue weighted by atomic mass is 32.2. The lowest BCUT2D eigenvalue weighted by atomic mass is 9.82. The van der Waals surface area contributed by atoms with E-state index < -0.39 is 0 Å². The highest BCUT2D eigenvalue weighted by molar-refractivity contribution is 7.99. The van der Waals surface area contributed by atoms with E-state index in [1.54, 1.807) is 0 Å². The van der Waals surface area contributed by atoms with Gasteiger partial charge in [0.2, 0.25) is 0 Å². The smallest absolute Gasteiger partial charge is 0.0671 e. The Morgan fingerprint density at radius 2 is 2.27 bits per heavy atom. The molecule has 1 fully saturated rings. The van der Waals surface area contributed by atoms with Gasteiger partial charge in [0, 0.05) is 24.9 Å². The van der Waals surface area contributed by atoms with Gasteiger partial charge in [-0.05, 0) is 31.4 Å². The lowest BCUT2D eigenvalue weighted by molar-refractivity contribution is 0.0696. The first-order chi connectivity index (χ1) is 7.06. The fourth-order valence-corrected chi connectivity index (χ4v) is 3.56. The maximum Gasteiger partial charge on any atom is 0.0671 e. The van der Waals surface area contributed by atoms with E-state index in [1.165, 1.54) is 17.9 Å². The number of thioether (sulfide) groups is 1. The van der Waals surface area contributed by atoms with Gasteiger partial charge in [-0.1, -0.05) is 13.8 Å². The Hall–Kier alpha value is 0.270. The Morgan fingerprint density at radius 3 is 2.87 bits per heavy atom. The molecule has 1 rings (SSSR count). The monoisotopic (exact) mass is 231 g/mol. The van der Waals surface area contributed by atoms with Crippen LogP contribution in [0.3, 0.4) is 0 Å². The van der Waals surface area contributed by atoms with Crippen molar-refractivity contribution < 1.29 is 4.74 Å². The van der Waals surface area contributed by atoms with Gasteiger partial charge < -0.3 is 10.1 Å². The van der Waals surface area contributed by atoms with Crippen LogP contribution in [-0.2, 0) is 4.74 Å². The maximum absolute atomic E-state index is 5.53. The predicted molar refractivity (Wildman–Crippen MR) is 68.6 cm³/mol. The molecule has 0 aromatic heterocycles. The van der Waals surface area contributed by atoms with Crippen molar-refractivity contribution >= 4 is 11.8 Å². The van der Waals surface area contributed by atoms with Crippen LogP contribution in [0.2, 0.25) is 0 Å². The van der Waals surface area contributed by atoms with E-state index in [0.717, 1.165) is 13.2 Å². The van der Waals surface area contributed by atoms with Crippen LogP contribution in [0.1, 0.15) is 34.1 Å². The van der Waals surface area contributed by atoms with Crippen molar-refractivity contribution in [2.24, 2.45) is 5.41 Å². The van der Waals surface area contributed by atoms with Crippen LogP contribution >= 0.6 is 11.8 Å². The van der Waals surface area contributed by atoms with Crippen molar-refractivity contribution in [3.63, 3.8) is 0 Å². The van der Waals surface area contributed by atoms with Crippen molar-refractivity contribution in [1.29, 1.82) is 0 Å². The summed E-state index contributed by atoms with van der Waals surface area (Å²) in [5.74, 6) is 2.55. The zero-order chi connectivity index (χ0) is 11.3. The predicted octanol–water partition coefficient (Wildman–Crippen LogP) is 2.53. The van der Waals surface area contributed by atoms with Crippen LogP contribution in [0.25, 0.3) is 0 Å². The Kier molecular flexibility index (Phi) is 5.44. The van der Waals surface area contributed by atoms with Gasteiger partial charge in [0.25, 0.3) is 0 Å². The first kappa shape index (κ1) is 13.3. The first-order valence-corrected chi connectivity index (χ1v) is 7.14. The molecule has 3 heteroatoms. The molecule has 2 atom stereocenters. The molecule has 0 saturated carbocycles. The fraction of sp³-hybridized carbons (Fsp3) is 1.00. The Morgan fingerprint density at radius 1 is 1.53 bits per heavy atom. The van der Waals surface area contributed by atoms with E-state index >= 15 is 0 Å². The molecule has 2 nitrogen and oxygen atoms in total. The molecule has 0 aromatic carbocycles. The number of hydrogen-bond acceptors (Lipinski definition) is 3. The summed E-state index contributed by atoms with van der Waals surface area (Å²) in [6, 6.07) is 0.638. The third kappa shape index (κ3) is 4.33. The Balaban J connectivity index is 2.30. The molecule has 0 aromatic rings. The normalized spacial score (nSPS) is 27.6. The second-order valence-corrected chi connectivity index (χ2v) is 6.19. The van der Waals surface area contributed by atoms with E-state index in [4.69, 9.17) is 4.74 Å². The summed E-state index contributed by atoms with van der Waals surface area (Å²) in [6.45, 7) is 10.7. The molecule has 1 N–H and O–H groups in total. The van der Waals surface area contributed by atoms with Crippen LogP contribution in [0.15, 0.2) is 0 Å². The largest absolute Gasteiger partial charge is 0.377 e. The van der Waals surface area contributed by atoms with Gasteiger partial charge >= 0.3 is 0 Å². The molecule has 2 unspecified atom stereocenters. The van der Waals surface area contributed by atoms with Crippen molar-refractivity contribution in [2.75, 3.05) is 24.7 Å². The molecule has 1 heterocycles. The van der Waals surface area contributed by atoms with Gasteiger partial charge in [0.15, 0.2) is 0 Å². The molecule has 0 amide bonds. The minimum absolute atomic E-state index is 0.331. The second-order valence-electron chi connectivity index (χ2n) is 5.04. The van der Waals surface area contributed by atoms with E-state index in [0.29, 0.717) is 17.6 Å². The van der Waals surface area contributed by atoms with Crippen molar-refractivity contribution in [3.8, 4) is 0 Å². The van der Waals surface area contributed by atoms with Gasteiger partial charge in [0.1, 0.15) is 0 Å². The van der Waals surface area contributed by atoms with Crippen molar-refractivity contribution in [2.45, 2.75) is 46.3 Å². The average molecular weight is 231 g/mol. The van der Waals surface area contributed by atoms with Gasteiger partial charge in [0.05, 0.1) is 6.10 Å². The minimum atomic E-state index is 0.331. The van der Waals surface area contributed by atoms with Crippen LogP contribution < -0.4 is 5.32 Å². The van der Waals surface area contributed by atoms with Crippen LogP contribution in [-0.4, -0.2) is 36.8 Å². The van der Waals surface area contributed by atoms with Crippen molar-refractivity contribution in [1.82, 2.24) is 5.32 Å². The minimum Gasteiger partial charge on any atom is -0.377 e. The van der Waals surface area contributed by atoms with Crippen LogP contribution in [0.4, 0.5) is 0 Å². The molecule has 1 saturated heterocycles. The molecule has 1 aliphatic heterocycles. The number of ether oxygens (including phenoxy) is 1. The summed E-state index contributed by atoms with van der Waals surface area (Å²) in [5, 5.41) is 3.65. The third-order valence-corrected chi connectivity index (χ3v) is 4.28. The Bertz CT molecular complexity index is 184. The Labute approximate surface area is 98.5 Å². The summed E-state index contributed by atoms with van der Waals surface area (Å²) in [4.78, 5) is 0. The van der Waals surface area contributed by atoms with Gasteiger partial charge in [-0.2, -0.15) is 11.8 Å². The number of rotatable bonds is 5. The lowest BCUT2D eigenvalue weighted by Crippen LogP contribution is -2.48. The molecule has 0 radical (unpaired) electrons. The molecular formula is C12H25NOS. The zero-order valence-electron chi connectivity index (χ0n) is 10.5. The van der Waals surface area contributed by atoms with Gasteiger partial charge in [-0.15, -0.1) is 0 Å². The van der Waals surface area contributed by atoms with E-state index in [2.05, 4.69) is 44.8 Å². The molecule has 0 aliphatic carbocycles. The maximum atomic E-state index is 5.53. The summed E-state index contributed by atoms with van der Waals surface area (Å²) in [7, 11) is 0. The van der Waals surface area contributed by atoms with E-state index in [-0.39, 0.29) is 0 Å². The summed E-state index contributed by atoms with van der Waals surface area (Å²) in [6.07, 6.45) is 1.65. The first-order valence-electron chi connectivity index (χ1n) is 5.99. The molecule has 1 aliphatic rings. The van der Waals surface area contributed by atoms with E-state index in [9.17, 15) is 0 Å². The quantitative estimate of drug-likeness (QED) is 0.785. The number of nitrogens with one attached hydrogen (secondary N) is 1. The molecule has 15 heavy (non-hydrogen) atoms. The zero-order valence-corrected chi connectivity index (χ0v) is 11.3. The summed E-state index contributed by atoms with van der Waals surface area (Å²) in [5.41, 5.74) is 0.442. The van der Waals surface area contributed by atoms with Crippen LogP contribution in [0, 0.1) is 5.41 Å². The van der Waals surface area contributed by atoms with Gasteiger partial charge in [-0.25, -0.2) is 0 Å². The summed E-state index contributed by atoms with van der Waals surface area (Å²) >= 11 is 2.07.